The maximum Gasteiger partial charge on any atom is 0.131 e. The van der Waals surface area contributed by atoms with Crippen molar-refractivity contribution in [1.82, 2.24) is 5.32 Å². The molecule has 0 saturated heterocycles. The Balaban J connectivity index is 2.51. The summed E-state index contributed by atoms with van der Waals surface area (Å²) < 4.78 is 27.5. The quantitative estimate of drug-likeness (QED) is 0.874. The Labute approximate surface area is 118 Å². The molecule has 2 aromatic carbocycles. The Morgan fingerprint density at radius 3 is 2.25 bits per heavy atom. The first kappa shape index (κ1) is 14.7. The van der Waals surface area contributed by atoms with Gasteiger partial charge in [0.05, 0.1) is 0 Å². The van der Waals surface area contributed by atoms with Gasteiger partial charge in [0, 0.05) is 12.1 Å². The molecule has 2 aromatic rings. The van der Waals surface area contributed by atoms with Crippen LogP contribution < -0.4 is 5.32 Å². The van der Waals surface area contributed by atoms with Crippen LogP contribution in [0.2, 0.25) is 0 Å². The molecule has 106 valence electrons. The van der Waals surface area contributed by atoms with Crippen molar-refractivity contribution in [3.05, 3.63) is 58.7 Å². The Kier molecular flexibility index (Phi) is 4.50. The number of nitrogens with one attached hydrogen (secondary N) is 1. The Morgan fingerprint density at radius 2 is 1.65 bits per heavy atom. The Morgan fingerprint density at radius 1 is 1.00 bits per heavy atom. The third-order valence-corrected chi connectivity index (χ3v) is 3.38. The molecule has 0 aromatic heterocycles. The minimum Gasteiger partial charge on any atom is -0.313 e. The predicted molar refractivity (Wildman–Crippen MR) is 78.6 cm³/mol. The fourth-order valence-corrected chi connectivity index (χ4v) is 2.48. The first-order valence-electron chi connectivity index (χ1n) is 6.79. The molecular weight excluding hydrogens is 256 g/mol. The van der Waals surface area contributed by atoms with Crippen molar-refractivity contribution in [3.63, 3.8) is 0 Å². The van der Waals surface area contributed by atoms with Crippen molar-refractivity contribution in [2.75, 3.05) is 6.54 Å². The van der Waals surface area contributed by atoms with E-state index in [0.717, 1.165) is 28.8 Å². The lowest BCUT2D eigenvalue weighted by Gasteiger charge is -2.13. The highest BCUT2D eigenvalue weighted by molar-refractivity contribution is 5.71. The second-order valence-electron chi connectivity index (χ2n) is 5.01. The van der Waals surface area contributed by atoms with Gasteiger partial charge < -0.3 is 5.32 Å². The van der Waals surface area contributed by atoms with Gasteiger partial charge in [0.25, 0.3) is 0 Å². The average molecular weight is 275 g/mol. The standard InChI is InChI=1S/C17H19F2N/c1-4-20-10-13-5-6-16(19)15(9-13)17-11(2)7-14(18)8-12(17)3/h5-9,20H,4,10H2,1-3H3. The van der Waals surface area contributed by atoms with Crippen LogP contribution in [0.15, 0.2) is 30.3 Å². The highest BCUT2D eigenvalue weighted by atomic mass is 19.1. The summed E-state index contributed by atoms with van der Waals surface area (Å²) in [5, 5.41) is 3.22. The molecule has 0 atom stereocenters. The molecule has 0 heterocycles. The maximum absolute atomic E-state index is 14.1. The topological polar surface area (TPSA) is 12.0 Å². The molecule has 0 fully saturated rings. The van der Waals surface area contributed by atoms with Gasteiger partial charge in [0.2, 0.25) is 0 Å². The monoisotopic (exact) mass is 275 g/mol. The Hall–Kier alpha value is -1.74. The van der Waals surface area contributed by atoms with Crippen LogP contribution in [0.5, 0.6) is 0 Å². The molecule has 0 radical (unpaired) electrons. The van der Waals surface area contributed by atoms with Crippen LogP contribution in [0, 0.1) is 25.5 Å². The number of hydrogen-bond acceptors (Lipinski definition) is 1. The molecule has 0 aliphatic heterocycles. The summed E-state index contributed by atoms with van der Waals surface area (Å²) in [6.07, 6.45) is 0. The van der Waals surface area contributed by atoms with E-state index in [4.69, 9.17) is 0 Å². The SMILES string of the molecule is CCNCc1ccc(F)c(-c2c(C)cc(F)cc2C)c1. The first-order chi connectivity index (χ1) is 9.52. The smallest absolute Gasteiger partial charge is 0.131 e. The molecule has 0 aliphatic rings. The molecule has 0 spiro atoms. The van der Waals surface area contributed by atoms with E-state index in [2.05, 4.69) is 5.32 Å². The molecule has 1 N–H and O–H groups in total. The van der Waals surface area contributed by atoms with Crippen LogP contribution in [0.1, 0.15) is 23.6 Å². The summed E-state index contributed by atoms with van der Waals surface area (Å²) in [5.74, 6) is -0.559. The number of aryl methyl sites for hydroxylation is 2. The zero-order valence-corrected chi connectivity index (χ0v) is 12.1. The molecular formula is C17H19F2N. The van der Waals surface area contributed by atoms with Crippen LogP contribution in [0.25, 0.3) is 11.1 Å². The van der Waals surface area contributed by atoms with Crippen LogP contribution in [-0.4, -0.2) is 6.54 Å². The number of hydrogen-bond donors (Lipinski definition) is 1. The van der Waals surface area contributed by atoms with Crippen LogP contribution >= 0.6 is 0 Å². The summed E-state index contributed by atoms with van der Waals surface area (Å²) in [7, 11) is 0. The molecule has 1 nitrogen and oxygen atoms in total. The largest absolute Gasteiger partial charge is 0.313 e. The number of rotatable bonds is 4. The lowest BCUT2D eigenvalue weighted by atomic mass is 9.94. The highest BCUT2D eigenvalue weighted by Crippen LogP contribution is 2.31. The van der Waals surface area contributed by atoms with Gasteiger partial charge in [-0.3, -0.25) is 0 Å². The fraction of sp³-hybridized carbons (Fsp3) is 0.294. The Bertz CT molecular complexity index is 597. The molecule has 0 amide bonds. The van der Waals surface area contributed by atoms with E-state index >= 15 is 0 Å². The van der Waals surface area contributed by atoms with Gasteiger partial charge in [-0.2, -0.15) is 0 Å². The van der Waals surface area contributed by atoms with Crippen molar-refractivity contribution < 1.29 is 8.78 Å². The molecule has 0 bridgehead atoms. The second kappa shape index (κ2) is 6.14. The third kappa shape index (κ3) is 3.05. The predicted octanol–water partition coefficient (Wildman–Crippen LogP) is 4.36. The van der Waals surface area contributed by atoms with Crippen molar-refractivity contribution in [1.29, 1.82) is 0 Å². The van der Waals surface area contributed by atoms with Crippen molar-refractivity contribution in [2.45, 2.75) is 27.3 Å². The highest BCUT2D eigenvalue weighted by Gasteiger charge is 2.12. The van der Waals surface area contributed by atoms with Crippen LogP contribution in [0.4, 0.5) is 8.78 Å². The van der Waals surface area contributed by atoms with E-state index in [1.807, 2.05) is 26.8 Å². The van der Waals surface area contributed by atoms with Gasteiger partial charge >= 0.3 is 0 Å². The minimum atomic E-state index is -0.284. The summed E-state index contributed by atoms with van der Waals surface area (Å²) >= 11 is 0. The van der Waals surface area contributed by atoms with Crippen molar-refractivity contribution in [2.24, 2.45) is 0 Å². The zero-order valence-electron chi connectivity index (χ0n) is 12.1. The minimum absolute atomic E-state index is 0.275. The van der Waals surface area contributed by atoms with E-state index in [9.17, 15) is 8.78 Å². The first-order valence-corrected chi connectivity index (χ1v) is 6.79. The van der Waals surface area contributed by atoms with Gasteiger partial charge in [-0.15, -0.1) is 0 Å². The zero-order chi connectivity index (χ0) is 14.7. The molecule has 0 aliphatic carbocycles. The summed E-state index contributed by atoms with van der Waals surface area (Å²) in [6.45, 7) is 7.20. The van der Waals surface area contributed by atoms with Crippen molar-refractivity contribution >= 4 is 0 Å². The number of benzene rings is 2. The second-order valence-corrected chi connectivity index (χ2v) is 5.01. The fourth-order valence-electron chi connectivity index (χ4n) is 2.48. The third-order valence-electron chi connectivity index (χ3n) is 3.38. The van der Waals surface area contributed by atoms with Gasteiger partial charge in [-0.1, -0.05) is 13.0 Å². The van der Waals surface area contributed by atoms with Crippen molar-refractivity contribution in [3.8, 4) is 11.1 Å². The van der Waals surface area contributed by atoms with Crippen LogP contribution in [-0.2, 0) is 6.54 Å². The van der Waals surface area contributed by atoms with E-state index < -0.39 is 0 Å². The molecule has 2 rings (SSSR count). The van der Waals surface area contributed by atoms with E-state index in [-0.39, 0.29) is 11.6 Å². The summed E-state index contributed by atoms with van der Waals surface area (Å²) in [4.78, 5) is 0. The van der Waals surface area contributed by atoms with E-state index in [1.165, 1.54) is 18.2 Å². The van der Waals surface area contributed by atoms with Gasteiger partial charge in [-0.05, 0) is 66.9 Å². The summed E-state index contributed by atoms with van der Waals surface area (Å²) in [5.41, 5.74) is 3.84. The lowest BCUT2D eigenvalue weighted by molar-refractivity contribution is 0.622. The normalized spacial score (nSPS) is 10.8. The molecule has 0 saturated carbocycles. The number of halogens is 2. The van der Waals surface area contributed by atoms with Gasteiger partial charge in [0.1, 0.15) is 11.6 Å². The van der Waals surface area contributed by atoms with Gasteiger partial charge in [-0.25, -0.2) is 8.78 Å². The average Bonchev–Trinajstić information content (AvgIpc) is 2.38. The molecule has 20 heavy (non-hydrogen) atoms. The maximum atomic E-state index is 14.1. The van der Waals surface area contributed by atoms with E-state index in [1.54, 1.807) is 6.07 Å². The molecule has 0 unspecified atom stereocenters. The van der Waals surface area contributed by atoms with Crippen LogP contribution in [0.3, 0.4) is 0 Å². The molecule has 3 heteroatoms. The summed E-state index contributed by atoms with van der Waals surface area (Å²) in [6, 6.07) is 7.97. The van der Waals surface area contributed by atoms with Gasteiger partial charge in [0.15, 0.2) is 0 Å². The van der Waals surface area contributed by atoms with E-state index in [0.29, 0.717) is 12.1 Å². The lowest BCUT2D eigenvalue weighted by Crippen LogP contribution is -2.11.